The van der Waals surface area contributed by atoms with E-state index in [1.165, 1.54) is 24.3 Å². The van der Waals surface area contributed by atoms with Crippen LogP contribution in [0.5, 0.6) is 5.75 Å². The number of carbonyl (C=O) groups excluding carboxylic acids is 3. The van der Waals surface area contributed by atoms with Gasteiger partial charge in [0.25, 0.3) is 0 Å². The van der Waals surface area contributed by atoms with E-state index in [0.717, 1.165) is 0 Å². The van der Waals surface area contributed by atoms with Gasteiger partial charge in [0.1, 0.15) is 11.6 Å². The Morgan fingerprint density at radius 3 is 2.21 bits per heavy atom. The Labute approximate surface area is 162 Å². The number of anilines is 1. The van der Waals surface area contributed by atoms with Gasteiger partial charge in [-0.1, -0.05) is 13.8 Å². The van der Waals surface area contributed by atoms with Gasteiger partial charge in [-0.2, -0.15) is 0 Å². The van der Waals surface area contributed by atoms with Gasteiger partial charge in [0.15, 0.2) is 19.0 Å². The number of nitrogens with one attached hydrogen (secondary N) is 1. The smallest absolute Gasteiger partial charge is 0.344 e. The molecular formula is C21H22FNO5. The molecule has 0 atom stereocenters. The van der Waals surface area contributed by atoms with Gasteiger partial charge in [0, 0.05) is 17.7 Å². The third kappa shape index (κ3) is 7.19. The Morgan fingerprint density at radius 1 is 0.964 bits per heavy atom. The van der Waals surface area contributed by atoms with Crippen LogP contribution in [0.3, 0.4) is 0 Å². The molecule has 6 nitrogen and oxygen atoms in total. The molecule has 148 valence electrons. The first kappa shape index (κ1) is 21.1. The second-order valence-corrected chi connectivity index (χ2v) is 6.55. The molecule has 1 amide bonds. The van der Waals surface area contributed by atoms with Crippen LogP contribution in [0.2, 0.25) is 0 Å². The van der Waals surface area contributed by atoms with E-state index in [9.17, 15) is 18.8 Å². The van der Waals surface area contributed by atoms with Crippen LogP contribution in [0.1, 0.15) is 30.6 Å². The summed E-state index contributed by atoms with van der Waals surface area (Å²) in [5.74, 6) is -1.03. The van der Waals surface area contributed by atoms with Crippen molar-refractivity contribution < 1.29 is 28.2 Å². The molecule has 0 spiro atoms. The summed E-state index contributed by atoms with van der Waals surface area (Å²) in [4.78, 5) is 35.5. The van der Waals surface area contributed by atoms with Gasteiger partial charge >= 0.3 is 5.97 Å². The molecule has 0 aliphatic rings. The SMILES string of the molecule is CC(C)CC(=O)Nc1ccc(C(=O)COC(=O)COc2ccc(F)cc2)cc1. The van der Waals surface area contributed by atoms with E-state index >= 15 is 0 Å². The summed E-state index contributed by atoms with van der Waals surface area (Å²) < 4.78 is 22.8. The molecule has 0 radical (unpaired) electrons. The second-order valence-electron chi connectivity index (χ2n) is 6.55. The third-order valence-electron chi connectivity index (χ3n) is 3.62. The van der Waals surface area contributed by atoms with Crippen LogP contribution < -0.4 is 10.1 Å². The highest BCUT2D eigenvalue weighted by molar-refractivity contribution is 5.98. The van der Waals surface area contributed by atoms with E-state index in [4.69, 9.17) is 9.47 Å². The molecule has 0 saturated carbocycles. The number of ketones is 1. The monoisotopic (exact) mass is 387 g/mol. The number of esters is 1. The predicted octanol–water partition coefficient (Wildman–Crippen LogP) is 3.62. The van der Waals surface area contributed by atoms with Gasteiger partial charge in [-0.05, 0) is 54.4 Å². The molecule has 28 heavy (non-hydrogen) atoms. The van der Waals surface area contributed by atoms with Crippen molar-refractivity contribution in [2.75, 3.05) is 18.5 Å². The fourth-order valence-electron chi connectivity index (χ4n) is 2.27. The molecule has 0 saturated heterocycles. The Bertz CT molecular complexity index is 816. The molecule has 2 aromatic rings. The Hall–Kier alpha value is -3.22. The van der Waals surface area contributed by atoms with E-state index in [0.29, 0.717) is 23.4 Å². The van der Waals surface area contributed by atoms with Gasteiger partial charge in [-0.25, -0.2) is 9.18 Å². The Morgan fingerprint density at radius 2 is 1.61 bits per heavy atom. The summed E-state index contributed by atoms with van der Waals surface area (Å²) in [6.45, 7) is 3.09. The molecule has 0 aliphatic heterocycles. The maximum atomic E-state index is 12.8. The highest BCUT2D eigenvalue weighted by atomic mass is 19.1. The number of halogens is 1. The molecule has 0 aromatic heterocycles. The van der Waals surface area contributed by atoms with Crippen LogP contribution in [-0.4, -0.2) is 30.9 Å². The van der Waals surface area contributed by atoms with Gasteiger partial charge in [-0.15, -0.1) is 0 Å². The highest BCUT2D eigenvalue weighted by Gasteiger charge is 2.11. The molecule has 0 unspecified atom stereocenters. The maximum absolute atomic E-state index is 12.8. The van der Waals surface area contributed by atoms with Crippen molar-refractivity contribution in [3.05, 3.63) is 59.9 Å². The topological polar surface area (TPSA) is 81.7 Å². The number of hydrogen-bond donors (Lipinski definition) is 1. The quantitative estimate of drug-likeness (QED) is 0.525. The van der Waals surface area contributed by atoms with E-state index in [2.05, 4.69) is 5.32 Å². The van der Waals surface area contributed by atoms with E-state index in [1.54, 1.807) is 24.3 Å². The standard InChI is InChI=1S/C21H22FNO5/c1-14(2)11-20(25)23-17-7-3-15(4-8-17)19(24)12-28-21(26)13-27-18-9-5-16(22)6-10-18/h3-10,14H,11-13H2,1-2H3,(H,23,25). The molecule has 2 rings (SSSR count). The molecule has 0 fully saturated rings. The normalized spacial score (nSPS) is 10.4. The third-order valence-corrected chi connectivity index (χ3v) is 3.62. The second kappa shape index (κ2) is 10.2. The number of Topliss-reactive ketones (excluding diaryl/α,β-unsaturated/α-hetero) is 1. The van der Waals surface area contributed by atoms with E-state index in [1.807, 2.05) is 13.8 Å². The lowest BCUT2D eigenvalue weighted by atomic mass is 10.1. The molecule has 7 heteroatoms. The Balaban J connectivity index is 1.76. The number of ether oxygens (including phenoxy) is 2. The van der Waals surface area contributed by atoms with Crippen molar-refractivity contribution in [2.24, 2.45) is 5.92 Å². The van der Waals surface area contributed by atoms with Crippen molar-refractivity contribution in [3.8, 4) is 5.75 Å². The van der Waals surface area contributed by atoms with Crippen molar-refractivity contribution in [3.63, 3.8) is 0 Å². The van der Waals surface area contributed by atoms with Crippen molar-refractivity contribution >= 4 is 23.3 Å². The number of hydrogen-bond acceptors (Lipinski definition) is 5. The maximum Gasteiger partial charge on any atom is 0.344 e. The zero-order chi connectivity index (χ0) is 20.5. The first-order valence-corrected chi connectivity index (χ1v) is 8.80. The minimum atomic E-state index is -0.713. The summed E-state index contributed by atoms with van der Waals surface area (Å²) in [6.07, 6.45) is 0.413. The van der Waals surface area contributed by atoms with Crippen molar-refractivity contribution in [1.29, 1.82) is 0 Å². The number of carbonyl (C=O) groups is 3. The van der Waals surface area contributed by atoms with Crippen molar-refractivity contribution in [1.82, 2.24) is 0 Å². The predicted molar refractivity (Wildman–Crippen MR) is 102 cm³/mol. The number of benzene rings is 2. The van der Waals surface area contributed by atoms with Gasteiger partial charge in [0.2, 0.25) is 5.91 Å². The first-order chi connectivity index (χ1) is 13.3. The summed E-state index contributed by atoms with van der Waals surface area (Å²) in [5, 5.41) is 2.75. The summed E-state index contributed by atoms with van der Waals surface area (Å²) in [6, 6.07) is 11.5. The summed E-state index contributed by atoms with van der Waals surface area (Å²) >= 11 is 0. The molecule has 2 aromatic carbocycles. The van der Waals surface area contributed by atoms with Crippen LogP contribution in [0.4, 0.5) is 10.1 Å². The lowest BCUT2D eigenvalue weighted by molar-refractivity contribution is -0.144. The first-order valence-electron chi connectivity index (χ1n) is 8.80. The van der Waals surface area contributed by atoms with Crippen molar-refractivity contribution in [2.45, 2.75) is 20.3 Å². The molecule has 1 N–H and O–H groups in total. The molecular weight excluding hydrogens is 365 g/mol. The van der Waals surface area contributed by atoms with E-state index in [-0.39, 0.29) is 24.2 Å². The van der Waals surface area contributed by atoms with Crippen LogP contribution in [0.15, 0.2) is 48.5 Å². The van der Waals surface area contributed by atoms with Crippen LogP contribution in [0, 0.1) is 11.7 Å². The fourth-order valence-corrected chi connectivity index (χ4v) is 2.27. The average molecular weight is 387 g/mol. The van der Waals surface area contributed by atoms with Crippen LogP contribution in [-0.2, 0) is 14.3 Å². The minimum absolute atomic E-state index is 0.0934. The summed E-state index contributed by atoms with van der Waals surface area (Å²) in [5.41, 5.74) is 0.945. The average Bonchev–Trinajstić information content (AvgIpc) is 2.65. The van der Waals surface area contributed by atoms with Crippen LogP contribution in [0.25, 0.3) is 0 Å². The van der Waals surface area contributed by atoms with E-state index < -0.39 is 18.4 Å². The van der Waals surface area contributed by atoms with Gasteiger partial charge < -0.3 is 14.8 Å². The lowest BCUT2D eigenvalue weighted by Crippen LogP contribution is -2.19. The highest BCUT2D eigenvalue weighted by Crippen LogP contribution is 2.13. The lowest BCUT2D eigenvalue weighted by Gasteiger charge is -2.08. The fraction of sp³-hybridized carbons (Fsp3) is 0.286. The number of amides is 1. The molecule has 0 aliphatic carbocycles. The number of rotatable bonds is 9. The van der Waals surface area contributed by atoms with Gasteiger partial charge in [-0.3, -0.25) is 9.59 Å². The zero-order valence-corrected chi connectivity index (χ0v) is 15.7. The van der Waals surface area contributed by atoms with Gasteiger partial charge in [0.05, 0.1) is 0 Å². The zero-order valence-electron chi connectivity index (χ0n) is 15.7. The minimum Gasteiger partial charge on any atom is -0.482 e. The van der Waals surface area contributed by atoms with Crippen LogP contribution >= 0.6 is 0 Å². The summed E-state index contributed by atoms with van der Waals surface area (Å²) in [7, 11) is 0. The molecule has 0 heterocycles. The Kier molecular flexibility index (Phi) is 7.68. The largest absolute Gasteiger partial charge is 0.482 e. The molecule has 0 bridgehead atoms.